The number of methoxy groups -OCH3 is 1. The van der Waals surface area contributed by atoms with Crippen molar-refractivity contribution >= 4 is 27.6 Å². The number of benzene rings is 2. The van der Waals surface area contributed by atoms with E-state index >= 15 is 0 Å². The topological polar surface area (TPSA) is 103 Å². The summed E-state index contributed by atoms with van der Waals surface area (Å²) in [6, 6.07) is 12.6. The first-order valence-electron chi connectivity index (χ1n) is 8.05. The third kappa shape index (κ3) is 4.06. The van der Waals surface area contributed by atoms with Crippen molar-refractivity contribution in [2.24, 2.45) is 0 Å². The lowest BCUT2D eigenvalue weighted by Gasteiger charge is -2.15. The molecule has 0 radical (unpaired) electrons. The van der Waals surface area contributed by atoms with Gasteiger partial charge in [-0.3, -0.25) is 0 Å². The number of esters is 1. The summed E-state index contributed by atoms with van der Waals surface area (Å²) in [6.45, 7) is -0.151. The molecule has 28 heavy (non-hydrogen) atoms. The molecule has 0 N–H and O–H groups in total. The molecule has 0 bridgehead atoms. The van der Waals surface area contributed by atoms with Crippen molar-refractivity contribution in [1.82, 2.24) is 14.4 Å². The molecule has 3 aromatic rings. The summed E-state index contributed by atoms with van der Waals surface area (Å²) in [4.78, 5) is 15.8. The number of rotatable bonds is 6. The first-order chi connectivity index (χ1) is 13.3. The van der Waals surface area contributed by atoms with Crippen molar-refractivity contribution in [2.45, 2.75) is 11.4 Å². The smallest absolute Gasteiger partial charge is 0.337 e. The van der Waals surface area contributed by atoms with Gasteiger partial charge in [-0.1, -0.05) is 35.0 Å². The molecule has 0 amide bonds. The molecule has 0 aliphatic carbocycles. The van der Waals surface area contributed by atoms with Crippen LogP contribution in [-0.2, 0) is 21.3 Å². The molecule has 0 spiro atoms. The van der Waals surface area contributed by atoms with E-state index in [9.17, 15) is 13.2 Å². The van der Waals surface area contributed by atoms with Crippen LogP contribution >= 0.6 is 11.6 Å². The number of sulfonamides is 1. The Morgan fingerprint density at radius 2 is 1.96 bits per heavy atom. The summed E-state index contributed by atoms with van der Waals surface area (Å²) in [5.74, 6) is -0.259. The van der Waals surface area contributed by atoms with E-state index in [2.05, 4.69) is 14.9 Å². The lowest BCUT2D eigenvalue weighted by molar-refractivity contribution is 0.0600. The lowest BCUT2D eigenvalue weighted by Crippen LogP contribution is -2.26. The molecule has 8 nitrogen and oxygen atoms in total. The zero-order valence-electron chi connectivity index (χ0n) is 15.0. The van der Waals surface area contributed by atoms with Crippen molar-refractivity contribution in [1.29, 1.82) is 0 Å². The summed E-state index contributed by atoms with van der Waals surface area (Å²) >= 11 is 6.11. The third-order valence-electron chi connectivity index (χ3n) is 3.90. The SMILES string of the molecule is COC(=O)c1cccc(S(=O)(=O)N(C)Cc2nc(-c3ccccc3Cl)no2)c1. The van der Waals surface area contributed by atoms with Crippen molar-refractivity contribution in [2.75, 3.05) is 14.2 Å². The molecule has 1 heterocycles. The van der Waals surface area contributed by atoms with Crippen molar-refractivity contribution in [3.63, 3.8) is 0 Å². The summed E-state index contributed by atoms with van der Waals surface area (Å²) < 4.78 is 36.4. The van der Waals surface area contributed by atoms with Crippen LogP contribution in [0.4, 0.5) is 0 Å². The van der Waals surface area contributed by atoms with E-state index in [-0.39, 0.29) is 28.7 Å². The van der Waals surface area contributed by atoms with E-state index < -0.39 is 16.0 Å². The highest BCUT2D eigenvalue weighted by Crippen LogP contribution is 2.25. The first-order valence-corrected chi connectivity index (χ1v) is 9.87. The number of aromatic nitrogens is 2. The van der Waals surface area contributed by atoms with Crippen LogP contribution in [-0.4, -0.2) is 43.0 Å². The molecular formula is C18H16ClN3O5S. The molecule has 0 fully saturated rings. The zero-order valence-corrected chi connectivity index (χ0v) is 16.6. The van der Waals surface area contributed by atoms with Crippen LogP contribution in [0.3, 0.4) is 0 Å². The molecule has 3 rings (SSSR count). The number of hydrogen-bond donors (Lipinski definition) is 0. The summed E-state index contributed by atoms with van der Waals surface area (Å²) in [5.41, 5.74) is 0.714. The van der Waals surface area contributed by atoms with Crippen molar-refractivity contribution < 1.29 is 22.5 Å². The average Bonchev–Trinajstić information content (AvgIpc) is 3.16. The van der Waals surface area contributed by atoms with Crippen LogP contribution in [0.1, 0.15) is 16.2 Å². The van der Waals surface area contributed by atoms with Crippen LogP contribution in [0, 0.1) is 0 Å². The predicted octanol–water partition coefficient (Wildman–Crippen LogP) is 3.00. The minimum Gasteiger partial charge on any atom is -0.465 e. The maximum Gasteiger partial charge on any atom is 0.337 e. The molecule has 0 saturated carbocycles. The van der Waals surface area contributed by atoms with Gasteiger partial charge in [0.15, 0.2) is 0 Å². The first kappa shape index (κ1) is 20.0. The predicted molar refractivity (Wildman–Crippen MR) is 101 cm³/mol. The molecule has 0 aliphatic heterocycles. The quantitative estimate of drug-likeness (QED) is 0.563. The molecule has 1 aromatic heterocycles. The Morgan fingerprint density at radius 3 is 2.68 bits per heavy atom. The highest BCUT2D eigenvalue weighted by Gasteiger charge is 2.24. The van der Waals surface area contributed by atoms with Crippen LogP contribution in [0.2, 0.25) is 5.02 Å². The highest BCUT2D eigenvalue weighted by molar-refractivity contribution is 7.89. The number of nitrogens with zero attached hydrogens (tertiary/aromatic N) is 3. The van der Waals surface area contributed by atoms with E-state index in [1.54, 1.807) is 24.3 Å². The zero-order chi connectivity index (χ0) is 20.3. The highest BCUT2D eigenvalue weighted by atomic mass is 35.5. The summed E-state index contributed by atoms with van der Waals surface area (Å²) in [6.07, 6.45) is 0. The fourth-order valence-electron chi connectivity index (χ4n) is 2.43. The fourth-order valence-corrected chi connectivity index (χ4v) is 3.81. The number of halogens is 1. The maximum absolute atomic E-state index is 12.8. The van der Waals surface area contributed by atoms with Gasteiger partial charge in [0.1, 0.15) is 0 Å². The van der Waals surface area contributed by atoms with Gasteiger partial charge in [-0.05, 0) is 30.3 Å². The molecule has 0 saturated heterocycles. The van der Waals surface area contributed by atoms with Crippen LogP contribution in [0.5, 0.6) is 0 Å². The molecule has 0 atom stereocenters. The van der Waals surface area contributed by atoms with Crippen LogP contribution < -0.4 is 0 Å². The second-order valence-corrected chi connectivity index (χ2v) is 8.22. The van der Waals surface area contributed by atoms with Crippen LogP contribution in [0.15, 0.2) is 57.9 Å². The monoisotopic (exact) mass is 421 g/mol. The maximum atomic E-state index is 12.8. The number of carbonyl (C=O) groups excluding carboxylic acids is 1. The molecule has 2 aromatic carbocycles. The molecule has 10 heteroatoms. The largest absolute Gasteiger partial charge is 0.465 e. The van der Waals surface area contributed by atoms with Gasteiger partial charge >= 0.3 is 5.97 Å². The Balaban J connectivity index is 1.82. The second-order valence-electron chi connectivity index (χ2n) is 5.77. The van der Waals surface area contributed by atoms with Gasteiger partial charge in [0.2, 0.25) is 21.7 Å². The van der Waals surface area contributed by atoms with Crippen LogP contribution in [0.25, 0.3) is 11.4 Å². The van der Waals surface area contributed by atoms with Gasteiger partial charge in [0.05, 0.1) is 29.1 Å². The van der Waals surface area contributed by atoms with Gasteiger partial charge in [-0.15, -0.1) is 0 Å². The number of ether oxygens (including phenoxy) is 1. The van der Waals surface area contributed by atoms with E-state index in [1.807, 2.05) is 0 Å². The summed E-state index contributed by atoms with van der Waals surface area (Å²) in [5, 5.41) is 4.30. The van der Waals surface area contributed by atoms with E-state index in [0.29, 0.717) is 10.6 Å². The van der Waals surface area contributed by atoms with E-state index in [4.69, 9.17) is 16.1 Å². The second kappa shape index (κ2) is 8.09. The fraction of sp³-hybridized carbons (Fsp3) is 0.167. The summed E-state index contributed by atoms with van der Waals surface area (Å²) in [7, 11) is -1.29. The number of hydrogen-bond acceptors (Lipinski definition) is 7. The normalized spacial score (nSPS) is 11.6. The van der Waals surface area contributed by atoms with Crippen molar-refractivity contribution in [3.8, 4) is 11.4 Å². The van der Waals surface area contributed by atoms with Gasteiger partial charge in [-0.25, -0.2) is 13.2 Å². The van der Waals surface area contributed by atoms with E-state index in [1.165, 1.54) is 38.4 Å². The van der Waals surface area contributed by atoms with Gasteiger partial charge in [0, 0.05) is 12.6 Å². The van der Waals surface area contributed by atoms with Gasteiger partial charge in [0.25, 0.3) is 0 Å². The van der Waals surface area contributed by atoms with Gasteiger partial charge in [-0.2, -0.15) is 9.29 Å². The minimum absolute atomic E-state index is 0.0521. The third-order valence-corrected chi connectivity index (χ3v) is 6.03. The van der Waals surface area contributed by atoms with E-state index in [0.717, 1.165) is 4.31 Å². The minimum atomic E-state index is -3.89. The molecule has 0 aliphatic rings. The Labute approximate surface area is 166 Å². The Bertz CT molecular complexity index is 1110. The molecule has 0 unspecified atom stereocenters. The Hall–Kier alpha value is -2.75. The lowest BCUT2D eigenvalue weighted by atomic mass is 10.2. The molecular weight excluding hydrogens is 406 g/mol. The number of carbonyl (C=O) groups is 1. The molecule has 146 valence electrons. The standard InChI is InChI=1S/C18H16ClN3O5S/c1-22(28(24,25)13-7-5-6-12(10-13)18(23)26-2)11-16-20-17(21-27-16)14-8-3-4-9-15(14)19/h3-10H,11H2,1-2H3. The average molecular weight is 422 g/mol. The van der Waals surface area contributed by atoms with Crippen molar-refractivity contribution in [3.05, 3.63) is 65.0 Å². The van der Waals surface area contributed by atoms with Gasteiger partial charge < -0.3 is 9.26 Å². The Kier molecular flexibility index (Phi) is 5.78. The Morgan fingerprint density at radius 1 is 1.21 bits per heavy atom.